The molecule has 0 bridgehead atoms. The molecule has 1 fully saturated rings. The summed E-state index contributed by atoms with van der Waals surface area (Å²) in [6.07, 6.45) is 2.05. The lowest BCUT2D eigenvalue weighted by Gasteiger charge is -2.07. The Labute approximate surface area is 119 Å². The third-order valence-electron chi connectivity index (χ3n) is 2.93. The molecule has 112 valence electrons. The van der Waals surface area contributed by atoms with Gasteiger partial charge in [0.25, 0.3) is 0 Å². The van der Waals surface area contributed by atoms with Crippen molar-refractivity contribution in [1.29, 1.82) is 0 Å². The molecule has 0 radical (unpaired) electrons. The normalized spacial score (nSPS) is 13.5. The van der Waals surface area contributed by atoms with Crippen LogP contribution in [0.1, 0.15) is 29.6 Å². The van der Waals surface area contributed by atoms with Crippen LogP contribution in [0.4, 0.5) is 5.69 Å². The van der Waals surface area contributed by atoms with Crippen LogP contribution in [0.3, 0.4) is 0 Å². The molecule has 8 nitrogen and oxygen atoms in total. The van der Waals surface area contributed by atoms with Gasteiger partial charge >= 0.3 is 11.7 Å². The maximum Gasteiger partial charge on any atom is 0.335 e. The van der Waals surface area contributed by atoms with E-state index in [9.17, 15) is 19.7 Å². The SMILES string of the molecule is O=C(CCOc1ccc(C(=O)O)cc1[N+](=O)[O-])NC1CC1. The van der Waals surface area contributed by atoms with Gasteiger partial charge in [0.15, 0.2) is 5.75 Å². The first-order valence-corrected chi connectivity index (χ1v) is 6.41. The van der Waals surface area contributed by atoms with Crippen LogP contribution in [-0.4, -0.2) is 34.6 Å². The number of amides is 1. The van der Waals surface area contributed by atoms with E-state index in [0.29, 0.717) is 0 Å². The predicted molar refractivity (Wildman–Crippen MR) is 71.3 cm³/mol. The van der Waals surface area contributed by atoms with Gasteiger partial charge < -0.3 is 15.2 Å². The van der Waals surface area contributed by atoms with Crippen molar-refractivity contribution in [3.63, 3.8) is 0 Å². The lowest BCUT2D eigenvalue weighted by Crippen LogP contribution is -2.26. The zero-order valence-electron chi connectivity index (χ0n) is 11.1. The molecule has 8 heteroatoms. The number of rotatable bonds is 7. The van der Waals surface area contributed by atoms with E-state index in [1.807, 2.05) is 0 Å². The summed E-state index contributed by atoms with van der Waals surface area (Å²) in [5.41, 5.74) is -0.627. The van der Waals surface area contributed by atoms with E-state index < -0.39 is 16.6 Å². The fourth-order valence-electron chi connectivity index (χ4n) is 1.70. The van der Waals surface area contributed by atoms with Gasteiger partial charge in [-0.1, -0.05) is 0 Å². The first-order valence-electron chi connectivity index (χ1n) is 6.41. The van der Waals surface area contributed by atoms with E-state index >= 15 is 0 Å². The Morgan fingerprint density at radius 3 is 2.71 bits per heavy atom. The fraction of sp³-hybridized carbons (Fsp3) is 0.385. The Morgan fingerprint density at radius 1 is 1.43 bits per heavy atom. The third-order valence-corrected chi connectivity index (χ3v) is 2.93. The summed E-state index contributed by atoms with van der Waals surface area (Å²) in [6.45, 7) is -0.00812. The number of nitrogens with zero attached hydrogens (tertiary/aromatic N) is 1. The molecule has 1 aromatic carbocycles. The maximum absolute atomic E-state index is 11.4. The zero-order chi connectivity index (χ0) is 15.4. The highest BCUT2D eigenvalue weighted by Crippen LogP contribution is 2.28. The molecule has 0 unspecified atom stereocenters. The fourth-order valence-corrected chi connectivity index (χ4v) is 1.70. The summed E-state index contributed by atoms with van der Waals surface area (Å²) in [5.74, 6) is -1.47. The molecule has 0 spiro atoms. The molecule has 21 heavy (non-hydrogen) atoms. The van der Waals surface area contributed by atoms with E-state index in [1.54, 1.807) is 0 Å². The van der Waals surface area contributed by atoms with Gasteiger partial charge in [-0.2, -0.15) is 0 Å². The first-order chi connectivity index (χ1) is 9.97. The van der Waals surface area contributed by atoms with Gasteiger partial charge in [0, 0.05) is 12.1 Å². The Hall–Kier alpha value is -2.64. The number of aromatic carboxylic acids is 1. The highest BCUT2D eigenvalue weighted by molar-refractivity contribution is 5.88. The van der Waals surface area contributed by atoms with E-state index in [1.165, 1.54) is 12.1 Å². The lowest BCUT2D eigenvalue weighted by molar-refractivity contribution is -0.385. The second-order valence-corrected chi connectivity index (χ2v) is 4.69. The molecule has 0 atom stereocenters. The van der Waals surface area contributed by atoms with Crippen LogP contribution in [-0.2, 0) is 4.79 Å². The van der Waals surface area contributed by atoms with Crippen molar-refractivity contribution >= 4 is 17.6 Å². The molecule has 2 N–H and O–H groups in total. The Morgan fingerprint density at radius 2 is 2.14 bits per heavy atom. The van der Waals surface area contributed by atoms with Crippen LogP contribution in [0.2, 0.25) is 0 Å². The standard InChI is InChI=1S/C13H14N2O6/c16-12(14-9-2-3-9)5-6-21-11-4-1-8(13(17)18)7-10(11)15(19)20/h1,4,7,9H,2-3,5-6H2,(H,14,16)(H,17,18). The summed E-state index contributed by atoms with van der Waals surface area (Å²) in [7, 11) is 0. The Balaban J connectivity index is 1.96. The summed E-state index contributed by atoms with van der Waals surface area (Å²) in [6, 6.07) is 3.62. The number of benzene rings is 1. The second-order valence-electron chi connectivity index (χ2n) is 4.69. The number of nitrogens with one attached hydrogen (secondary N) is 1. The van der Waals surface area contributed by atoms with Crippen LogP contribution in [0.25, 0.3) is 0 Å². The smallest absolute Gasteiger partial charge is 0.335 e. The zero-order valence-corrected chi connectivity index (χ0v) is 11.1. The largest absolute Gasteiger partial charge is 0.486 e. The number of carbonyl (C=O) groups is 2. The minimum Gasteiger partial charge on any atom is -0.486 e. The minimum absolute atomic E-state index is 0.00812. The average Bonchev–Trinajstić information content (AvgIpc) is 3.22. The summed E-state index contributed by atoms with van der Waals surface area (Å²) < 4.78 is 5.21. The Bertz CT molecular complexity index is 582. The van der Waals surface area contributed by atoms with Crippen molar-refractivity contribution < 1.29 is 24.4 Å². The van der Waals surface area contributed by atoms with Gasteiger partial charge in [-0.15, -0.1) is 0 Å². The van der Waals surface area contributed by atoms with E-state index in [4.69, 9.17) is 9.84 Å². The number of nitro groups is 1. The van der Waals surface area contributed by atoms with Crippen molar-refractivity contribution in [2.75, 3.05) is 6.61 Å². The van der Waals surface area contributed by atoms with Crippen LogP contribution in [0, 0.1) is 10.1 Å². The quantitative estimate of drug-likeness (QED) is 0.578. The van der Waals surface area contributed by atoms with Crippen LogP contribution in [0.15, 0.2) is 18.2 Å². The van der Waals surface area contributed by atoms with Gasteiger partial charge in [-0.05, 0) is 25.0 Å². The number of carboxylic acid groups (broad SMARTS) is 1. The van der Waals surface area contributed by atoms with Gasteiger partial charge in [0.2, 0.25) is 5.91 Å². The molecule has 1 amide bonds. The molecule has 0 aromatic heterocycles. The molecule has 0 aliphatic heterocycles. The van der Waals surface area contributed by atoms with Crippen LogP contribution < -0.4 is 10.1 Å². The highest BCUT2D eigenvalue weighted by Gasteiger charge is 2.23. The molecule has 1 aromatic rings. The maximum atomic E-state index is 11.4. The molecule has 1 aliphatic carbocycles. The number of carboxylic acids is 1. The van der Waals surface area contributed by atoms with E-state index in [-0.39, 0.29) is 36.3 Å². The van der Waals surface area contributed by atoms with Gasteiger partial charge in [0.05, 0.1) is 23.5 Å². The number of hydrogen-bond donors (Lipinski definition) is 2. The van der Waals surface area contributed by atoms with Crippen molar-refractivity contribution in [2.45, 2.75) is 25.3 Å². The van der Waals surface area contributed by atoms with Crippen molar-refractivity contribution in [3.8, 4) is 5.75 Å². The van der Waals surface area contributed by atoms with Crippen molar-refractivity contribution in [3.05, 3.63) is 33.9 Å². The number of nitro benzene ring substituents is 1. The summed E-state index contributed by atoms with van der Waals surface area (Å²) in [5, 5.41) is 22.5. The molecule has 1 aliphatic rings. The van der Waals surface area contributed by atoms with Crippen LogP contribution in [0.5, 0.6) is 5.75 Å². The van der Waals surface area contributed by atoms with Crippen molar-refractivity contribution in [2.24, 2.45) is 0 Å². The molecule has 1 saturated carbocycles. The molecular formula is C13H14N2O6. The molecular weight excluding hydrogens is 280 g/mol. The van der Waals surface area contributed by atoms with Crippen LogP contribution >= 0.6 is 0 Å². The Kier molecular flexibility index (Phi) is 4.36. The highest BCUT2D eigenvalue weighted by atomic mass is 16.6. The summed E-state index contributed by atoms with van der Waals surface area (Å²) >= 11 is 0. The molecule has 0 heterocycles. The lowest BCUT2D eigenvalue weighted by atomic mass is 10.2. The second kappa shape index (κ2) is 6.21. The van der Waals surface area contributed by atoms with E-state index in [2.05, 4.69) is 5.32 Å². The van der Waals surface area contributed by atoms with Gasteiger partial charge in [0.1, 0.15) is 0 Å². The number of carbonyl (C=O) groups excluding carboxylic acids is 1. The van der Waals surface area contributed by atoms with Gasteiger partial charge in [-0.3, -0.25) is 14.9 Å². The average molecular weight is 294 g/mol. The molecule has 2 rings (SSSR count). The topological polar surface area (TPSA) is 119 Å². The van der Waals surface area contributed by atoms with Crippen molar-refractivity contribution in [1.82, 2.24) is 5.32 Å². The molecule has 0 saturated heterocycles. The minimum atomic E-state index is -1.26. The van der Waals surface area contributed by atoms with E-state index in [0.717, 1.165) is 18.9 Å². The predicted octanol–water partition coefficient (Wildman–Crippen LogP) is 1.34. The number of ether oxygens (including phenoxy) is 1. The third kappa shape index (κ3) is 4.16. The monoisotopic (exact) mass is 294 g/mol. The first kappa shape index (κ1) is 14.8. The number of hydrogen-bond acceptors (Lipinski definition) is 5. The van der Waals surface area contributed by atoms with Gasteiger partial charge in [-0.25, -0.2) is 4.79 Å². The summed E-state index contributed by atoms with van der Waals surface area (Å²) in [4.78, 5) is 32.4.